The van der Waals surface area contributed by atoms with Crippen molar-refractivity contribution >= 4 is 17.8 Å². The Labute approximate surface area is 143 Å². The quantitative estimate of drug-likeness (QED) is 0.495. The molecule has 0 saturated heterocycles. The second-order valence-corrected chi connectivity index (χ2v) is 8.29. The lowest BCUT2D eigenvalue weighted by atomic mass is 10.1. The zero-order chi connectivity index (χ0) is 17.0. The highest BCUT2D eigenvalue weighted by Crippen LogP contribution is 2.41. The third-order valence-corrected chi connectivity index (χ3v) is 6.58. The predicted molar refractivity (Wildman–Crippen MR) is 103 cm³/mol. The van der Waals surface area contributed by atoms with Gasteiger partial charge in [0, 0.05) is 16.2 Å². The number of hydrogen-bond acceptors (Lipinski definition) is 1. The van der Waals surface area contributed by atoms with Crippen molar-refractivity contribution in [3.05, 3.63) is 95.6 Å². The van der Waals surface area contributed by atoms with Gasteiger partial charge < -0.3 is 0 Å². The van der Waals surface area contributed by atoms with Crippen LogP contribution in [0.4, 0.5) is 0 Å². The van der Waals surface area contributed by atoms with Gasteiger partial charge in [0.05, 0.1) is 0 Å². The molecule has 0 aromatic heterocycles. The van der Waals surface area contributed by atoms with Crippen molar-refractivity contribution in [3.8, 4) is 11.6 Å². The Balaban J connectivity index is 2.12. The molecular formula is C22H19OP. The Hall–Kier alpha value is -2.55. The van der Waals surface area contributed by atoms with Crippen molar-refractivity contribution in [2.24, 2.45) is 0 Å². The Morgan fingerprint density at radius 3 is 1.75 bits per heavy atom. The van der Waals surface area contributed by atoms with E-state index in [9.17, 15) is 4.57 Å². The summed E-state index contributed by atoms with van der Waals surface area (Å²) in [5, 5.41) is 1.54. The molecular weight excluding hydrogens is 311 g/mol. The van der Waals surface area contributed by atoms with Crippen molar-refractivity contribution in [2.45, 2.75) is 13.8 Å². The Bertz CT molecular complexity index is 904. The molecule has 24 heavy (non-hydrogen) atoms. The summed E-state index contributed by atoms with van der Waals surface area (Å²) in [6.07, 6.45) is 0. The van der Waals surface area contributed by atoms with E-state index < -0.39 is 7.14 Å². The Kier molecular flexibility index (Phi) is 4.70. The zero-order valence-electron chi connectivity index (χ0n) is 13.9. The molecule has 0 unspecified atom stereocenters. The lowest BCUT2D eigenvalue weighted by Crippen LogP contribution is -2.14. The molecule has 3 rings (SSSR count). The summed E-state index contributed by atoms with van der Waals surface area (Å²) in [5.41, 5.74) is 6.41. The summed E-state index contributed by atoms with van der Waals surface area (Å²) in [5.74, 6) is 3.14. The van der Waals surface area contributed by atoms with E-state index in [-0.39, 0.29) is 0 Å². The minimum absolute atomic E-state index is 0.771. The average Bonchev–Trinajstić information content (AvgIpc) is 2.64. The maximum absolute atomic E-state index is 13.8. The van der Waals surface area contributed by atoms with Crippen LogP contribution in [0.1, 0.15) is 16.7 Å². The molecule has 1 nitrogen and oxygen atoms in total. The van der Waals surface area contributed by atoms with Crippen molar-refractivity contribution in [1.29, 1.82) is 0 Å². The highest BCUT2D eigenvalue weighted by molar-refractivity contribution is 7.83. The van der Waals surface area contributed by atoms with E-state index >= 15 is 0 Å². The van der Waals surface area contributed by atoms with E-state index in [1.165, 1.54) is 11.1 Å². The van der Waals surface area contributed by atoms with E-state index in [4.69, 9.17) is 0 Å². The van der Waals surface area contributed by atoms with E-state index in [2.05, 4.69) is 31.5 Å². The first-order valence-electron chi connectivity index (χ1n) is 7.91. The molecule has 0 N–H and O–H groups in total. The van der Waals surface area contributed by atoms with Gasteiger partial charge in [0.1, 0.15) is 0 Å². The van der Waals surface area contributed by atoms with Gasteiger partial charge in [0.2, 0.25) is 7.14 Å². The second kappa shape index (κ2) is 6.91. The van der Waals surface area contributed by atoms with Crippen LogP contribution < -0.4 is 10.6 Å². The molecule has 0 amide bonds. The van der Waals surface area contributed by atoms with Gasteiger partial charge in [-0.15, -0.1) is 0 Å². The van der Waals surface area contributed by atoms with Crippen molar-refractivity contribution in [3.63, 3.8) is 0 Å². The minimum atomic E-state index is -2.98. The fraction of sp³-hybridized carbons (Fsp3) is 0.0909. The first-order valence-corrected chi connectivity index (χ1v) is 9.62. The van der Waals surface area contributed by atoms with Crippen LogP contribution in [0.25, 0.3) is 0 Å². The molecule has 0 heterocycles. The monoisotopic (exact) mass is 330 g/mol. The molecule has 118 valence electrons. The summed E-state index contributed by atoms with van der Waals surface area (Å²) in [7, 11) is -2.98. The zero-order valence-corrected chi connectivity index (χ0v) is 14.8. The maximum Gasteiger partial charge on any atom is 0.211 e. The summed E-state index contributed by atoms with van der Waals surface area (Å²) in [6, 6.07) is 25.1. The first kappa shape index (κ1) is 16.3. The molecule has 0 saturated carbocycles. The van der Waals surface area contributed by atoms with Crippen LogP contribution in [-0.4, -0.2) is 0 Å². The molecule has 0 fully saturated rings. The summed E-state index contributed by atoms with van der Waals surface area (Å²) >= 11 is 0. The minimum Gasteiger partial charge on any atom is -0.300 e. The van der Waals surface area contributed by atoms with Crippen molar-refractivity contribution < 1.29 is 4.57 Å². The molecule has 0 spiro atoms. The summed E-state index contributed by atoms with van der Waals surface area (Å²) in [6.45, 7) is 4.14. The number of hydrogen-bond donors (Lipinski definition) is 0. The largest absolute Gasteiger partial charge is 0.300 e. The summed E-state index contributed by atoms with van der Waals surface area (Å²) < 4.78 is 13.8. The summed E-state index contributed by atoms with van der Waals surface area (Å²) in [4.78, 5) is 0. The third kappa shape index (κ3) is 3.35. The van der Waals surface area contributed by atoms with Crippen LogP contribution in [0.15, 0.2) is 78.9 Å². The van der Waals surface area contributed by atoms with E-state index in [0.29, 0.717) is 0 Å². The van der Waals surface area contributed by atoms with Crippen molar-refractivity contribution in [2.75, 3.05) is 0 Å². The third-order valence-electron chi connectivity index (χ3n) is 4.10. The molecule has 0 radical (unpaired) electrons. The van der Waals surface area contributed by atoms with Gasteiger partial charge in [-0.25, -0.2) is 0 Å². The highest BCUT2D eigenvalue weighted by Gasteiger charge is 2.24. The topological polar surface area (TPSA) is 17.1 Å². The lowest BCUT2D eigenvalue weighted by molar-refractivity contribution is 0.593. The first-order chi connectivity index (χ1) is 11.6. The van der Waals surface area contributed by atoms with Gasteiger partial charge in [-0.05, 0) is 42.8 Å². The molecule has 2 heteroatoms. The number of aryl methyl sites for hydroxylation is 2. The molecule has 0 aliphatic rings. The maximum atomic E-state index is 13.8. The van der Waals surface area contributed by atoms with Gasteiger partial charge in [-0.3, -0.25) is 4.57 Å². The van der Waals surface area contributed by atoms with E-state index in [1.54, 1.807) is 0 Å². The van der Waals surface area contributed by atoms with Gasteiger partial charge >= 0.3 is 0 Å². The van der Waals surface area contributed by atoms with E-state index in [0.717, 1.165) is 16.2 Å². The fourth-order valence-corrected chi connectivity index (χ4v) is 4.54. The lowest BCUT2D eigenvalue weighted by Gasteiger charge is -2.12. The number of rotatable bonds is 2. The van der Waals surface area contributed by atoms with Crippen LogP contribution in [-0.2, 0) is 4.57 Å². The smallest absolute Gasteiger partial charge is 0.211 e. The van der Waals surface area contributed by atoms with Gasteiger partial charge in [-0.1, -0.05) is 72.7 Å². The highest BCUT2D eigenvalue weighted by atomic mass is 31.2. The normalized spacial score (nSPS) is 10.8. The molecule has 0 aliphatic heterocycles. The van der Waals surface area contributed by atoms with Crippen LogP contribution >= 0.6 is 7.14 Å². The Morgan fingerprint density at radius 1 is 0.708 bits per heavy atom. The standard InChI is InChI=1S/C22H19OP/c1-18-13-14-20(17-19(18)2)15-16-24(23,21-9-5-3-6-10-21)22-11-7-4-8-12-22/h3-14,17H,1-2H3. The molecule has 3 aromatic rings. The van der Waals surface area contributed by atoms with Crippen LogP contribution in [0.2, 0.25) is 0 Å². The van der Waals surface area contributed by atoms with Crippen LogP contribution in [0.3, 0.4) is 0 Å². The van der Waals surface area contributed by atoms with Gasteiger partial charge in [0.25, 0.3) is 0 Å². The predicted octanol–water partition coefficient (Wildman–Crippen LogP) is 4.63. The molecule has 0 bridgehead atoms. The Morgan fingerprint density at radius 2 is 1.25 bits per heavy atom. The average molecular weight is 330 g/mol. The second-order valence-electron chi connectivity index (χ2n) is 5.82. The number of benzene rings is 3. The van der Waals surface area contributed by atoms with Crippen molar-refractivity contribution in [1.82, 2.24) is 0 Å². The van der Waals surface area contributed by atoms with E-state index in [1.807, 2.05) is 72.8 Å². The molecule has 3 aromatic carbocycles. The SMILES string of the molecule is Cc1ccc(C#CP(=O)(c2ccccc2)c2ccccc2)cc1C. The fourth-order valence-electron chi connectivity index (χ4n) is 2.52. The van der Waals surface area contributed by atoms with Crippen LogP contribution in [0, 0.1) is 25.4 Å². The van der Waals surface area contributed by atoms with Gasteiger partial charge in [-0.2, -0.15) is 0 Å². The van der Waals surface area contributed by atoms with Crippen LogP contribution in [0.5, 0.6) is 0 Å². The molecule has 0 atom stereocenters. The van der Waals surface area contributed by atoms with Gasteiger partial charge in [0.15, 0.2) is 0 Å². The molecule has 0 aliphatic carbocycles.